The number of cyclic esters (lactones) is 1. The minimum Gasteiger partial charge on any atom is -0.440 e. The number of nitrogens with zero attached hydrogens (tertiary/aromatic N) is 2. The molecule has 3 aromatic carbocycles. The maximum Gasteiger partial charge on any atom is 0.341 e. The van der Waals surface area contributed by atoms with Gasteiger partial charge in [-0.2, -0.15) is 0 Å². The molecular weight excluding hydrogens is 562 g/mol. The summed E-state index contributed by atoms with van der Waals surface area (Å²) in [6, 6.07) is 16.3. The molecule has 0 atom stereocenters. The third-order valence-electron chi connectivity index (χ3n) is 7.87. The van der Waals surface area contributed by atoms with E-state index in [2.05, 4.69) is 47.2 Å². The summed E-state index contributed by atoms with van der Waals surface area (Å²) >= 11 is 26.9. The van der Waals surface area contributed by atoms with Crippen molar-refractivity contribution in [3.8, 4) is 0 Å². The lowest BCUT2D eigenvalue weighted by molar-refractivity contribution is 0.0256. The second-order valence-corrected chi connectivity index (χ2v) is 11.0. The van der Waals surface area contributed by atoms with Gasteiger partial charge in [-0.05, 0) is 39.8 Å². The molecule has 0 spiro atoms. The Balaban J connectivity index is 1.93. The molecule has 0 amide bonds. The van der Waals surface area contributed by atoms with Crippen LogP contribution in [0.25, 0.3) is 21.8 Å². The van der Waals surface area contributed by atoms with Crippen molar-refractivity contribution < 1.29 is 9.53 Å². The quantitative estimate of drug-likeness (QED) is 0.120. The lowest BCUT2D eigenvalue weighted by Gasteiger charge is -2.32. The predicted octanol–water partition coefficient (Wildman–Crippen LogP) is 9.33. The number of ether oxygens (including phenoxy) is 1. The fourth-order valence-electron chi connectivity index (χ4n) is 6.44. The van der Waals surface area contributed by atoms with E-state index >= 15 is 0 Å². The largest absolute Gasteiger partial charge is 0.440 e. The number of fused-ring (bicyclic) bond motifs is 3. The fourth-order valence-corrected chi connectivity index (χ4v) is 7.50. The summed E-state index contributed by atoms with van der Waals surface area (Å²) in [4.78, 5) is 13.8. The fraction of sp³-hybridized carbons (Fsp3) is 0.233. The molecule has 0 bridgehead atoms. The van der Waals surface area contributed by atoms with E-state index in [-0.39, 0.29) is 25.7 Å². The molecule has 4 nitrogen and oxygen atoms in total. The summed E-state index contributed by atoms with van der Waals surface area (Å²) in [5.41, 5.74) is 4.80. The number of carbonyl (C=O) groups is 1. The van der Waals surface area contributed by atoms with Crippen molar-refractivity contribution in [3.05, 3.63) is 102 Å². The van der Waals surface area contributed by atoms with Crippen LogP contribution in [-0.2, 0) is 23.4 Å². The van der Waals surface area contributed by atoms with Crippen molar-refractivity contribution >= 4 is 74.2 Å². The molecule has 0 saturated carbocycles. The normalized spacial score (nSPS) is 14.5. The van der Waals surface area contributed by atoms with Crippen molar-refractivity contribution in [1.82, 2.24) is 9.13 Å². The van der Waals surface area contributed by atoms with Crippen LogP contribution in [0, 0.1) is 13.8 Å². The van der Waals surface area contributed by atoms with E-state index in [0.717, 1.165) is 57.4 Å². The van der Waals surface area contributed by atoms with Gasteiger partial charge in [0.05, 0.1) is 25.7 Å². The van der Waals surface area contributed by atoms with E-state index in [9.17, 15) is 4.79 Å². The molecule has 6 rings (SSSR count). The number of para-hydroxylation sites is 2. The Bertz CT molecular complexity index is 1730. The Morgan fingerprint density at radius 3 is 1.61 bits per heavy atom. The summed E-state index contributed by atoms with van der Waals surface area (Å²) in [5, 5.41) is 2.23. The maximum absolute atomic E-state index is 13.8. The molecule has 1 aliphatic heterocycles. The number of carbonyl (C=O) groups excluding carboxylic acids is 1. The molecule has 194 valence electrons. The molecule has 38 heavy (non-hydrogen) atoms. The minimum absolute atomic E-state index is 0.0326. The zero-order chi connectivity index (χ0) is 27.1. The first-order valence-corrected chi connectivity index (χ1v) is 14.0. The number of rotatable bonds is 4. The third-order valence-corrected chi connectivity index (χ3v) is 9.67. The van der Waals surface area contributed by atoms with Crippen LogP contribution in [0.15, 0.2) is 48.5 Å². The average Bonchev–Trinajstić information content (AvgIpc) is 3.49. The second kappa shape index (κ2) is 8.96. The van der Waals surface area contributed by atoms with Gasteiger partial charge in [0.2, 0.25) is 0 Å². The van der Waals surface area contributed by atoms with Crippen LogP contribution in [-0.4, -0.2) is 15.1 Å². The van der Waals surface area contributed by atoms with Crippen LogP contribution < -0.4 is 0 Å². The smallest absolute Gasteiger partial charge is 0.341 e. The number of aryl methyl sites for hydroxylation is 2. The number of benzene rings is 3. The highest BCUT2D eigenvalue weighted by Crippen LogP contribution is 2.59. The lowest BCUT2D eigenvalue weighted by atomic mass is 9.77. The number of hydrogen-bond acceptors (Lipinski definition) is 2. The van der Waals surface area contributed by atoms with Gasteiger partial charge in [0.15, 0.2) is 5.60 Å². The minimum atomic E-state index is -1.42. The number of halogens is 4. The second-order valence-electron chi connectivity index (χ2n) is 9.52. The van der Waals surface area contributed by atoms with E-state index in [1.165, 1.54) is 0 Å². The molecule has 5 aromatic rings. The molecule has 0 N–H and O–H groups in total. The van der Waals surface area contributed by atoms with Crippen LogP contribution in [0.4, 0.5) is 0 Å². The van der Waals surface area contributed by atoms with Gasteiger partial charge in [0.25, 0.3) is 0 Å². The molecule has 0 saturated heterocycles. The van der Waals surface area contributed by atoms with Gasteiger partial charge in [-0.3, -0.25) is 0 Å². The van der Waals surface area contributed by atoms with Gasteiger partial charge in [-0.25, -0.2) is 4.79 Å². The Morgan fingerprint density at radius 2 is 1.13 bits per heavy atom. The first kappa shape index (κ1) is 25.6. The summed E-state index contributed by atoms with van der Waals surface area (Å²) in [5.74, 6) is -0.592. The van der Waals surface area contributed by atoms with Crippen molar-refractivity contribution in [3.63, 3.8) is 0 Å². The highest BCUT2D eigenvalue weighted by molar-refractivity contribution is 6.53. The highest BCUT2D eigenvalue weighted by atomic mass is 35.5. The number of aromatic nitrogens is 2. The Morgan fingerprint density at radius 1 is 0.684 bits per heavy atom. The van der Waals surface area contributed by atoms with E-state index in [4.69, 9.17) is 51.1 Å². The number of hydrogen-bond donors (Lipinski definition) is 0. The predicted molar refractivity (Wildman–Crippen MR) is 156 cm³/mol. The maximum atomic E-state index is 13.8. The Hall–Kier alpha value is -2.63. The van der Waals surface area contributed by atoms with E-state index in [0.29, 0.717) is 5.56 Å². The Labute approximate surface area is 240 Å². The molecule has 1 aliphatic rings. The van der Waals surface area contributed by atoms with Crippen LogP contribution in [0.2, 0.25) is 20.1 Å². The van der Waals surface area contributed by atoms with E-state index in [1.807, 2.05) is 38.1 Å². The van der Waals surface area contributed by atoms with Gasteiger partial charge in [-0.1, -0.05) is 82.8 Å². The van der Waals surface area contributed by atoms with Crippen LogP contribution in [0.5, 0.6) is 0 Å². The van der Waals surface area contributed by atoms with Gasteiger partial charge < -0.3 is 13.9 Å². The van der Waals surface area contributed by atoms with E-state index < -0.39 is 11.6 Å². The summed E-state index contributed by atoms with van der Waals surface area (Å²) in [7, 11) is 0. The SMILES string of the molecule is CCn1c(C)c(C2(c3c(C)n(CC)c4ccccc34)OC(=O)c3c(Cl)c(Cl)c(Cl)c(Cl)c32)c2ccccc21. The monoisotopic (exact) mass is 584 g/mol. The van der Waals surface area contributed by atoms with E-state index in [1.54, 1.807) is 0 Å². The number of esters is 1. The van der Waals surface area contributed by atoms with Crippen molar-refractivity contribution in [2.75, 3.05) is 0 Å². The topological polar surface area (TPSA) is 36.2 Å². The molecule has 0 fully saturated rings. The van der Waals surface area contributed by atoms with Crippen LogP contribution in [0.1, 0.15) is 52.3 Å². The van der Waals surface area contributed by atoms with Crippen LogP contribution in [0.3, 0.4) is 0 Å². The molecule has 0 aliphatic carbocycles. The molecule has 2 aromatic heterocycles. The summed E-state index contributed by atoms with van der Waals surface area (Å²) in [6.45, 7) is 9.75. The van der Waals surface area contributed by atoms with Gasteiger partial charge >= 0.3 is 5.97 Å². The molecule has 0 radical (unpaired) electrons. The zero-order valence-corrected chi connectivity index (χ0v) is 24.3. The Kier molecular flexibility index (Phi) is 6.04. The van der Waals surface area contributed by atoms with Gasteiger partial charge in [-0.15, -0.1) is 0 Å². The van der Waals surface area contributed by atoms with Crippen molar-refractivity contribution in [2.24, 2.45) is 0 Å². The highest BCUT2D eigenvalue weighted by Gasteiger charge is 2.56. The molecular formula is C30H24Cl4N2O2. The molecule has 3 heterocycles. The summed E-state index contributed by atoms with van der Waals surface area (Å²) in [6.07, 6.45) is 0. The lowest BCUT2D eigenvalue weighted by Crippen LogP contribution is -2.32. The zero-order valence-electron chi connectivity index (χ0n) is 21.3. The third kappa shape index (κ3) is 3.09. The standard InChI is InChI=1S/C30H24Cl4N2O2/c1-5-35-15(3)22(17-11-7-9-13-19(17)35)30(23-16(4)36(6-2)20-14-10-8-12-18(20)23)24-21(29(37)38-30)25(31)27(33)28(34)26(24)32/h7-14H,5-6H2,1-4H3. The average molecular weight is 586 g/mol. The van der Waals surface area contributed by atoms with Crippen molar-refractivity contribution in [1.29, 1.82) is 0 Å². The molecule has 8 heteroatoms. The van der Waals surface area contributed by atoms with Gasteiger partial charge in [0, 0.05) is 63.0 Å². The first-order valence-electron chi connectivity index (χ1n) is 12.5. The first-order chi connectivity index (χ1) is 18.2. The van der Waals surface area contributed by atoms with Crippen LogP contribution >= 0.6 is 46.4 Å². The van der Waals surface area contributed by atoms with Gasteiger partial charge in [0.1, 0.15) is 0 Å². The molecule has 0 unspecified atom stereocenters. The summed E-state index contributed by atoms with van der Waals surface area (Å²) < 4.78 is 11.0. The van der Waals surface area contributed by atoms with Crippen molar-refractivity contribution in [2.45, 2.75) is 46.4 Å².